The Labute approximate surface area is 142 Å². The highest BCUT2D eigenvalue weighted by Crippen LogP contribution is 2.20. The van der Waals surface area contributed by atoms with E-state index in [0.29, 0.717) is 13.0 Å². The van der Waals surface area contributed by atoms with Gasteiger partial charge in [0.1, 0.15) is 5.75 Å². The molecule has 0 fully saturated rings. The van der Waals surface area contributed by atoms with E-state index in [2.05, 4.69) is 18.2 Å². The third-order valence-electron chi connectivity index (χ3n) is 4.20. The molecular formula is C21H21NO2. The zero-order valence-corrected chi connectivity index (χ0v) is 14.0. The highest BCUT2D eigenvalue weighted by Gasteiger charge is 2.12. The van der Waals surface area contributed by atoms with Crippen molar-refractivity contribution < 1.29 is 9.53 Å². The zero-order valence-electron chi connectivity index (χ0n) is 14.0. The number of rotatable bonds is 5. The molecule has 0 heterocycles. The maximum absolute atomic E-state index is 12.6. The number of carbonyl (C=O) groups is 1. The Morgan fingerprint density at radius 2 is 1.75 bits per heavy atom. The van der Waals surface area contributed by atoms with Gasteiger partial charge in [0.2, 0.25) is 5.91 Å². The molecule has 0 aromatic heterocycles. The molecule has 0 spiro atoms. The van der Waals surface area contributed by atoms with Crippen LogP contribution in [0.5, 0.6) is 5.75 Å². The normalized spacial score (nSPS) is 10.6. The number of fused-ring (bicyclic) bond motifs is 1. The molecule has 3 nitrogen and oxygen atoms in total. The fourth-order valence-electron chi connectivity index (χ4n) is 2.88. The van der Waals surface area contributed by atoms with E-state index in [9.17, 15) is 4.79 Å². The first kappa shape index (κ1) is 16.1. The summed E-state index contributed by atoms with van der Waals surface area (Å²) < 4.78 is 5.24. The van der Waals surface area contributed by atoms with E-state index in [0.717, 1.165) is 22.3 Å². The summed E-state index contributed by atoms with van der Waals surface area (Å²) in [6.45, 7) is 0.570. The Balaban J connectivity index is 1.73. The quantitative estimate of drug-likeness (QED) is 0.710. The molecule has 0 aliphatic heterocycles. The molecule has 24 heavy (non-hydrogen) atoms. The largest absolute Gasteiger partial charge is 0.497 e. The highest BCUT2D eigenvalue weighted by atomic mass is 16.5. The van der Waals surface area contributed by atoms with Crippen LogP contribution in [0, 0.1) is 0 Å². The van der Waals surface area contributed by atoms with Gasteiger partial charge in [0.05, 0.1) is 13.5 Å². The van der Waals surface area contributed by atoms with Gasteiger partial charge in [-0.15, -0.1) is 0 Å². The topological polar surface area (TPSA) is 29.5 Å². The first-order valence-electron chi connectivity index (χ1n) is 8.01. The third-order valence-corrected chi connectivity index (χ3v) is 4.20. The summed E-state index contributed by atoms with van der Waals surface area (Å²) >= 11 is 0. The average molecular weight is 319 g/mol. The van der Waals surface area contributed by atoms with E-state index >= 15 is 0 Å². The minimum absolute atomic E-state index is 0.106. The first-order valence-corrected chi connectivity index (χ1v) is 8.01. The zero-order chi connectivity index (χ0) is 16.9. The lowest BCUT2D eigenvalue weighted by Crippen LogP contribution is -2.27. The molecule has 0 aliphatic carbocycles. The lowest BCUT2D eigenvalue weighted by Gasteiger charge is -2.18. The van der Waals surface area contributed by atoms with Crippen LogP contribution in [0.2, 0.25) is 0 Å². The van der Waals surface area contributed by atoms with Crippen LogP contribution >= 0.6 is 0 Å². The number of ether oxygens (including phenoxy) is 1. The van der Waals surface area contributed by atoms with Crippen LogP contribution in [0.25, 0.3) is 10.8 Å². The van der Waals surface area contributed by atoms with Gasteiger partial charge in [-0.05, 0) is 34.0 Å². The molecule has 0 atom stereocenters. The molecule has 0 saturated carbocycles. The van der Waals surface area contributed by atoms with E-state index in [4.69, 9.17) is 4.74 Å². The monoisotopic (exact) mass is 319 g/mol. The molecule has 3 rings (SSSR count). The van der Waals surface area contributed by atoms with Gasteiger partial charge in [0.25, 0.3) is 0 Å². The predicted molar refractivity (Wildman–Crippen MR) is 97.1 cm³/mol. The minimum atomic E-state index is 0.106. The number of methoxy groups -OCH3 is 1. The Kier molecular flexibility index (Phi) is 4.80. The van der Waals surface area contributed by atoms with E-state index in [1.807, 2.05) is 55.6 Å². The first-order chi connectivity index (χ1) is 11.7. The standard InChI is InChI=1S/C21H21NO2/c1-22(15-16-7-5-11-19(13-16)24-2)21(23)14-18-10-6-9-17-8-3-4-12-20(17)18/h3-13H,14-15H2,1-2H3. The number of hydrogen-bond donors (Lipinski definition) is 0. The number of amides is 1. The Morgan fingerprint density at radius 3 is 2.58 bits per heavy atom. The van der Waals surface area contributed by atoms with Crippen LogP contribution in [0.1, 0.15) is 11.1 Å². The minimum Gasteiger partial charge on any atom is -0.497 e. The smallest absolute Gasteiger partial charge is 0.227 e. The molecule has 3 aromatic carbocycles. The summed E-state index contributed by atoms with van der Waals surface area (Å²) in [5.74, 6) is 0.913. The predicted octanol–water partition coefficient (Wildman–Crippen LogP) is 4.05. The molecule has 122 valence electrons. The molecule has 3 aromatic rings. The van der Waals surface area contributed by atoms with E-state index in [1.54, 1.807) is 12.0 Å². The SMILES string of the molecule is COc1cccc(CN(C)C(=O)Cc2cccc3ccccc23)c1. The summed E-state index contributed by atoms with van der Waals surface area (Å²) in [4.78, 5) is 14.4. The van der Waals surface area contributed by atoms with Crippen molar-refractivity contribution in [2.45, 2.75) is 13.0 Å². The van der Waals surface area contributed by atoms with Crippen molar-refractivity contribution in [3.05, 3.63) is 77.9 Å². The van der Waals surface area contributed by atoms with Crippen molar-refractivity contribution in [1.82, 2.24) is 4.90 Å². The molecule has 0 unspecified atom stereocenters. The van der Waals surface area contributed by atoms with Crippen LogP contribution in [0.3, 0.4) is 0 Å². The summed E-state index contributed by atoms with van der Waals surface area (Å²) in [6.07, 6.45) is 0.405. The maximum Gasteiger partial charge on any atom is 0.227 e. The van der Waals surface area contributed by atoms with Crippen molar-refractivity contribution in [3.8, 4) is 5.75 Å². The van der Waals surface area contributed by atoms with E-state index in [-0.39, 0.29) is 5.91 Å². The van der Waals surface area contributed by atoms with E-state index < -0.39 is 0 Å². The molecule has 0 radical (unpaired) electrons. The van der Waals surface area contributed by atoms with Gasteiger partial charge >= 0.3 is 0 Å². The number of benzene rings is 3. The third kappa shape index (κ3) is 3.57. The van der Waals surface area contributed by atoms with Gasteiger partial charge in [0, 0.05) is 13.6 Å². The van der Waals surface area contributed by atoms with Crippen molar-refractivity contribution in [1.29, 1.82) is 0 Å². The van der Waals surface area contributed by atoms with Gasteiger partial charge in [0.15, 0.2) is 0 Å². The second-order valence-electron chi connectivity index (χ2n) is 5.92. The number of hydrogen-bond acceptors (Lipinski definition) is 2. The Bertz CT molecular complexity index is 852. The van der Waals surface area contributed by atoms with Crippen LogP contribution in [-0.4, -0.2) is 25.0 Å². The second kappa shape index (κ2) is 7.18. The van der Waals surface area contributed by atoms with Crippen molar-refractivity contribution in [2.24, 2.45) is 0 Å². The Hall–Kier alpha value is -2.81. The maximum atomic E-state index is 12.6. The molecule has 0 bridgehead atoms. The molecule has 1 amide bonds. The van der Waals surface area contributed by atoms with Crippen molar-refractivity contribution in [3.63, 3.8) is 0 Å². The van der Waals surface area contributed by atoms with Crippen LogP contribution in [0.15, 0.2) is 66.7 Å². The van der Waals surface area contributed by atoms with Crippen LogP contribution < -0.4 is 4.74 Å². The van der Waals surface area contributed by atoms with Gasteiger partial charge in [-0.25, -0.2) is 0 Å². The van der Waals surface area contributed by atoms with Crippen molar-refractivity contribution >= 4 is 16.7 Å². The van der Waals surface area contributed by atoms with E-state index in [1.165, 1.54) is 5.39 Å². The summed E-state index contributed by atoms with van der Waals surface area (Å²) in [5, 5.41) is 2.31. The number of likely N-dealkylation sites (N-methyl/N-ethyl adjacent to an activating group) is 1. The molecule has 0 saturated heterocycles. The second-order valence-corrected chi connectivity index (χ2v) is 5.92. The lowest BCUT2D eigenvalue weighted by atomic mass is 10.0. The summed E-state index contributed by atoms with van der Waals surface area (Å²) in [7, 11) is 3.49. The fraction of sp³-hybridized carbons (Fsp3) is 0.190. The molecule has 0 N–H and O–H groups in total. The summed E-state index contributed by atoms with van der Waals surface area (Å²) in [5.41, 5.74) is 2.12. The van der Waals surface area contributed by atoms with Crippen LogP contribution in [0.4, 0.5) is 0 Å². The number of carbonyl (C=O) groups excluding carboxylic acids is 1. The van der Waals surface area contributed by atoms with Crippen LogP contribution in [-0.2, 0) is 17.8 Å². The lowest BCUT2D eigenvalue weighted by molar-refractivity contribution is -0.129. The fourth-order valence-corrected chi connectivity index (χ4v) is 2.88. The highest BCUT2D eigenvalue weighted by molar-refractivity contribution is 5.90. The van der Waals surface area contributed by atoms with Gasteiger partial charge in [-0.1, -0.05) is 54.6 Å². The molecular weight excluding hydrogens is 298 g/mol. The molecule has 3 heteroatoms. The van der Waals surface area contributed by atoms with Gasteiger partial charge in [-0.3, -0.25) is 4.79 Å². The van der Waals surface area contributed by atoms with Crippen molar-refractivity contribution in [2.75, 3.05) is 14.2 Å². The Morgan fingerprint density at radius 1 is 1.00 bits per heavy atom. The van der Waals surface area contributed by atoms with Gasteiger partial charge in [-0.2, -0.15) is 0 Å². The molecule has 0 aliphatic rings. The van der Waals surface area contributed by atoms with Gasteiger partial charge < -0.3 is 9.64 Å². The number of nitrogens with zero attached hydrogens (tertiary/aromatic N) is 1. The average Bonchev–Trinajstić information content (AvgIpc) is 2.62. The summed E-state index contributed by atoms with van der Waals surface area (Å²) in [6, 6.07) is 22.1.